The minimum Gasteiger partial charge on any atom is -0.493 e. The van der Waals surface area contributed by atoms with Crippen molar-refractivity contribution < 1.29 is 28.2 Å². The summed E-state index contributed by atoms with van der Waals surface area (Å²) >= 11 is 1.14. The molecule has 0 aromatic heterocycles. The van der Waals surface area contributed by atoms with Crippen molar-refractivity contribution in [3.05, 3.63) is 83.7 Å². The highest BCUT2D eigenvalue weighted by Crippen LogP contribution is 2.41. The average molecular weight is 537 g/mol. The number of thioether (sulfide) groups is 1. The molecule has 4 rings (SSSR count). The molecule has 38 heavy (non-hydrogen) atoms. The van der Waals surface area contributed by atoms with Gasteiger partial charge in [0, 0.05) is 18.8 Å². The maximum atomic E-state index is 13.2. The second kappa shape index (κ2) is 13.5. The molecule has 0 spiro atoms. The van der Waals surface area contributed by atoms with Crippen molar-refractivity contribution >= 4 is 22.7 Å². The van der Waals surface area contributed by atoms with Gasteiger partial charge in [0.25, 0.3) is 0 Å². The lowest BCUT2D eigenvalue weighted by atomic mass is 9.96. The standard InChI is InChI=1S/C31H33FO5S/c1-3-7-22-18-27(37-25-12-10-24(32)11-13-25)14-15-29(22)36-17-6-16-35-26-9-5-8-23(19-26)30-28(33)20-21(4-2)31(34)38-30/h5,8-15,18-19,21,30H,3-4,6-7,16-17,20H2,1-2H3. The van der Waals surface area contributed by atoms with Crippen LogP contribution in [0.4, 0.5) is 4.39 Å². The van der Waals surface area contributed by atoms with Gasteiger partial charge in [-0.3, -0.25) is 9.59 Å². The van der Waals surface area contributed by atoms with Gasteiger partial charge in [-0.15, -0.1) is 0 Å². The predicted octanol–water partition coefficient (Wildman–Crippen LogP) is 7.72. The van der Waals surface area contributed by atoms with Crippen molar-refractivity contribution in [1.82, 2.24) is 0 Å². The first-order valence-corrected chi connectivity index (χ1v) is 14.0. The van der Waals surface area contributed by atoms with Gasteiger partial charge in [-0.1, -0.05) is 44.2 Å². The van der Waals surface area contributed by atoms with Crippen LogP contribution in [0.5, 0.6) is 23.0 Å². The number of aryl methyl sites for hydroxylation is 1. The van der Waals surface area contributed by atoms with Gasteiger partial charge in [0.05, 0.1) is 18.5 Å². The maximum absolute atomic E-state index is 13.2. The third kappa shape index (κ3) is 7.38. The minimum absolute atomic E-state index is 0.0954. The van der Waals surface area contributed by atoms with Crippen molar-refractivity contribution in [3.63, 3.8) is 0 Å². The first-order chi connectivity index (χ1) is 18.5. The summed E-state index contributed by atoms with van der Waals surface area (Å²) in [5, 5.41) is -0.359. The molecule has 1 fully saturated rings. The molecule has 3 aromatic carbocycles. The van der Waals surface area contributed by atoms with Gasteiger partial charge in [0.2, 0.25) is 0 Å². The van der Waals surface area contributed by atoms with Gasteiger partial charge in [0.15, 0.2) is 10.9 Å². The number of hydrogen-bond acceptors (Lipinski definition) is 6. The highest BCUT2D eigenvalue weighted by Gasteiger charge is 2.35. The lowest BCUT2D eigenvalue weighted by Gasteiger charge is -2.25. The van der Waals surface area contributed by atoms with Crippen LogP contribution in [0.15, 0.2) is 66.7 Å². The van der Waals surface area contributed by atoms with E-state index in [0.717, 1.165) is 41.5 Å². The van der Waals surface area contributed by atoms with E-state index < -0.39 is 5.25 Å². The molecule has 200 valence electrons. The molecule has 5 nitrogen and oxygen atoms in total. The normalized spacial score (nSPS) is 17.3. The molecule has 3 aromatic rings. The third-order valence-electron chi connectivity index (χ3n) is 6.38. The van der Waals surface area contributed by atoms with Gasteiger partial charge in [-0.05, 0) is 78.6 Å². The first kappa shape index (κ1) is 27.7. The van der Waals surface area contributed by atoms with Crippen LogP contribution in [0.1, 0.15) is 55.9 Å². The van der Waals surface area contributed by atoms with E-state index in [-0.39, 0.29) is 22.6 Å². The zero-order valence-corrected chi connectivity index (χ0v) is 22.6. The molecule has 2 unspecified atom stereocenters. The van der Waals surface area contributed by atoms with E-state index in [1.54, 1.807) is 12.1 Å². The molecule has 1 aliphatic rings. The number of ketones is 1. The summed E-state index contributed by atoms with van der Waals surface area (Å²) in [7, 11) is 0. The molecule has 2 atom stereocenters. The lowest BCUT2D eigenvalue weighted by molar-refractivity contribution is -0.125. The number of rotatable bonds is 12. The third-order valence-corrected chi connectivity index (χ3v) is 7.71. The molecule has 0 radical (unpaired) electrons. The van der Waals surface area contributed by atoms with E-state index in [4.69, 9.17) is 14.2 Å². The van der Waals surface area contributed by atoms with Gasteiger partial charge >= 0.3 is 0 Å². The predicted molar refractivity (Wildman–Crippen MR) is 148 cm³/mol. The van der Waals surface area contributed by atoms with Gasteiger partial charge in [-0.2, -0.15) is 0 Å². The average Bonchev–Trinajstić information content (AvgIpc) is 2.92. The zero-order chi connectivity index (χ0) is 26.9. The molecule has 1 heterocycles. The fourth-order valence-electron chi connectivity index (χ4n) is 4.34. The van der Waals surface area contributed by atoms with E-state index in [9.17, 15) is 14.0 Å². The van der Waals surface area contributed by atoms with Crippen LogP contribution in [0, 0.1) is 11.7 Å². The molecular weight excluding hydrogens is 503 g/mol. The van der Waals surface area contributed by atoms with E-state index in [1.165, 1.54) is 12.1 Å². The van der Waals surface area contributed by atoms with Crippen molar-refractivity contribution in [2.75, 3.05) is 13.2 Å². The monoisotopic (exact) mass is 536 g/mol. The van der Waals surface area contributed by atoms with Crippen molar-refractivity contribution in [1.29, 1.82) is 0 Å². The Balaban J connectivity index is 1.28. The van der Waals surface area contributed by atoms with Gasteiger partial charge in [-0.25, -0.2) is 4.39 Å². The Morgan fingerprint density at radius 2 is 1.66 bits per heavy atom. The molecule has 0 bridgehead atoms. The minimum atomic E-state index is -0.454. The number of hydrogen-bond donors (Lipinski definition) is 0. The van der Waals surface area contributed by atoms with Crippen LogP contribution < -0.4 is 14.2 Å². The number of ether oxygens (including phenoxy) is 3. The number of carbonyl (C=O) groups excluding carboxylic acids is 2. The smallest absolute Gasteiger partial charge is 0.193 e. The summed E-state index contributed by atoms with van der Waals surface area (Å²) in [6.07, 6.45) is 3.50. The van der Waals surface area contributed by atoms with E-state index in [1.807, 2.05) is 49.4 Å². The molecule has 0 aliphatic carbocycles. The highest BCUT2D eigenvalue weighted by atomic mass is 32.2. The zero-order valence-electron chi connectivity index (χ0n) is 21.8. The summed E-state index contributed by atoms with van der Waals surface area (Å²) in [5.74, 6) is 2.37. The summed E-state index contributed by atoms with van der Waals surface area (Å²) < 4.78 is 31.0. The molecule has 1 saturated heterocycles. The van der Waals surface area contributed by atoms with Crippen LogP contribution in [0.3, 0.4) is 0 Å². The summed E-state index contributed by atoms with van der Waals surface area (Å²) in [4.78, 5) is 24.9. The lowest BCUT2D eigenvalue weighted by Crippen LogP contribution is -2.26. The Kier molecular flexibility index (Phi) is 9.82. The number of carbonyl (C=O) groups is 2. The van der Waals surface area contributed by atoms with Crippen LogP contribution >= 0.6 is 11.8 Å². The second-order valence-electron chi connectivity index (χ2n) is 9.29. The molecular formula is C31H33FO5S. The topological polar surface area (TPSA) is 61.8 Å². The Labute approximate surface area is 227 Å². The van der Waals surface area contributed by atoms with Crippen LogP contribution in [0.2, 0.25) is 0 Å². The van der Waals surface area contributed by atoms with Crippen molar-refractivity contribution in [2.45, 2.75) is 51.2 Å². The summed E-state index contributed by atoms with van der Waals surface area (Å²) in [6.45, 7) is 5.00. The Morgan fingerprint density at radius 3 is 2.42 bits per heavy atom. The Hall–Kier alpha value is -3.32. The summed E-state index contributed by atoms with van der Waals surface area (Å²) in [6, 6.07) is 19.1. The summed E-state index contributed by atoms with van der Waals surface area (Å²) in [5.41, 5.74) is 1.86. The van der Waals surface area contributed by atoms with Crippen molar-refractivity contribution in [2.24, 2.45) is 5.92 Å². The molecule has 0 amide bonds. The SMILES string of the molecule is CCCc1cc(Oc2ccc(F)cc2)ccc1OCCCOc1cccc(C2SC(=O)C(CC)CC2=O)c1. The van der Waals surface area contributed by atoms with Crippen molar-refractivity contribution in [3.8, 4) is 23.0 Å². The maximum Gasteiger partial charge on any atom is 0.193 e. The molecule has 7 heteroatoms. The van der Waals surface area contributed by atoms with Crippen LogP contribution in [-0.2, 0) is 16.0 Å². The van der Waals surface area contributed by atoms with Gasteiger partial charge in [0.1, 0.15) is 28.8 Å². The first-order valence-electron chi connectivity index (χ1n) is 13.1. The molecule has 1 aliphatic heterocycles. The Bertz CT molecular complexity index is 1240. The fourth-order valence-corrected chi connectivity index (χ4v) is 5.52. The Morgan fingerprint density at radius 1 is 0.895 bits per heavy atom. The number of Topliss-reactive ketones (excluding diaryl/α,β-unsaturated/α-hetero) is 1. The van der Waals surface area contributed by atoms with E-state index in [2.05, 4.69) is 6.92 Å². The fraction of sp³-hybridized carbons (Fsp3) is 0.355. The quantitative estimate of drug-likeness (QED) is 0.221. The van der Waals surface area contributed by atoms with E-state index in [0.29, 0.717) is 49.7 Å². The molecule has 0 saturated carbocycles. The van der Waals surface area contributed by atoms with E-state index >= 15 is 0 Å². The second-order valence-corrected chi connectivity index (χ2v) is 10.4. The molecule has 0 N–H and O–H groups in total. The van der Waals surface area contributed by atoms with Gasteiger partial charge < -0.3 is 14.2 Å². The number of halogens is 1. The highest BCUT2D eigenvalue weighted by molar-refractivity contribution is 8.14. The van der Waals surface area contributed by atoms with Crippen LogP contribution in [-0.4, -0.2) is 24.1 Å². The number of benzene rings is 3. The van der Waals surface area contributed by atoms with Crippen LogP contribution in [0.25, 0.3) is 0 Å². The largest absolute Gasteiger partial charge is 0.493 e.